The quantitative estimate of drug-likeness (QED) is 0.704. The lowest BCUT2D eigenvalue weighted by Gasteiger charge is -2.18. The van der Waals surface area contributed by atoms with Crippen molar-refractivity contribution in [3.05, 3.63) is 35.1 Å². The summed E-state index contributed by atoms with van der Waals surface area (Å²) in [7, 11) is 0. The SMILES string of the molecule is Cc1nc([C@@H](CC(C)C)NC(=O)c2ccc(C3CC3)c(OCC3CC3)n2)no1. The summed E-state index contributed by atoms with van der Waals surface area (Å²) in [6.45, 7) is 6.62. The number of nitrogens with zero attached hydrogens (tertiary/aromatic N) is 3. The highest BCUT2D eigenvalue weighted by Crippen LogP contribution is 2.44. The molecule has 2 aliphatic rings. The van der Waals surface area contributed by atoms with Gasteiger partial charge in [-0.25, -0.2) is 4.98 Å². The van der Waals surface area contributed by atoms with Crippen LogP contribution in [-0.4, -0.2) is 27.6 Å². The molecule has 2 aromatic rings. The van der Waals surface area contributed by atoms with Gasteiger partial charge in [0.15, 0.2) is 5.82 Å². The molecular formula is C21H28N4O3. The zero-order valence-electron chi connectivity index (χ0n) is 16.8. The third-order valence-corrected chi connectivity index (χ3v) is 5.16. The maximum Gasteiger partial charge on any atom is 0.270 e. The highest BCUT2D eigenvalue weighted by atomic mass is 16.5. The summed E-state index contributed by atoms with van der Waals surface area (Å²) in [4.78, 5) is 21.8. The summed E-state index contributed by atoms with van der Waals surface area (Å²) >= 11 is 0. The molecule has 0 aliphatic heterocycles. The number of aryl methyl sites for hydroxylation is 1. The highest BCUT2D eigenvalue weighted by Gasteiger charge is 2.30. The van der Waals surface area contributed by atoms with E-state index in [1.54, 1.807) is 13.0 Å². The van der Waals surface area contributed by atoms with Crippen LogP contribution >= 0.6 is 0 Å². The number of aromatic nitrogens is 3. The fraction of sp³-hybridized carbons (Fsp3) is 0.619. The van der Waals surface area contributed by atoms with E-state index in [1.807, 2.05) is 6.07 Å². The third-order valence-electron chi connectivity index (χ3n) is 5.16. The van der Waals surface area contributed by atoms with Gasteiger partial charge >= 0.3 is 0 Å². The third kappa shape index (κ3) is 4.69. The Kier molecular flexibility index (Phi) is 5.33. The van der Waals surface area contributed by atoms with Crippen LogP contribution in [0.4, 0.5) is 0 Å². The van der Waals surface area contributed by atoms with Gasteiger partial charge in [0.05, 0.1) is 12.6 Å². The Labute approximate surface area is 165 Å². The van der Waals surface area contributed by atoms with Crippen molar-refractivity contribution in [3.63, 3.8) is 0 Å². The lowest BCUT2D eigenvalue weighted by molar-refractivity contribution is 0.0923. The number of pyridine rings is 1. The molecule has 0 spiro atoms. The van der Waals surface area contributed by atoms with E-state index in [-0.39, 0.29) is 11.9 Å². The van der Waals surface area contributed by atoms with Crippen LogP contribution < -0.4 is 10.1 Å². The van der Waals surface area contributed by atoms with E-state index < -0.39 is 0 Å². The van der Waals surface area contributed by atoms with E-state index in [4.69, 9.17) is 9.26 Å². The van der Waals surface area contributed by atoms with Gasteiger partial charge in [-0.3, -0.25) is 4.79 Å². The molecule has 1 amide bonds. The van der Waals surface area contributed by atoms with Crippen LogP contribution in [0.3, 0.4) is 0 Å². The molecule has 1 atom stereocenters. The molecule has 2 saturated carbocycles. The Morgan fingerprint density at radius 2 is 2.04 bits per heavy atom. The second-order valence-electron chi connectivity index (χ2n) is 8.45. The Morgan fingerprint density at radius 3 is 2.64 bits per heavy atom. The standard InChI is InChI=1S/C21H28N4O3/c1-12(2)10-18(19-22-13(3)28-25-19)23-20(26)17-9-8-16(15-6-7-15)21(24-17)27-11-14-4-5-14/h8-9,12,14-15,18H,4-7,10-11H2,1-3H3,(H,23,26)/t18-/m1/s1. The van der Waals surface area contributed by atoms with E-state index in [0.29, 0.717) is 47.6 Å². The molecule has 0 aromatic carbocycles. The first kappa shape index (κ1) is 18.9. The average molecular weight is 384 g/mol. The van der Waals surface area contributed by atoms with Crippen molar-refractivity contribution < 1.29 is 14.1 Å². The molecule has 0 saturated heterocycles. The largest absolute Gasteiger partial charge is 0.477 e. The number of nitrogens with one attached hydrogen (secondary N) is 1. The van der Waals surface area contributed by atoms with Crippen molar-refractivity contribution in [2.75, 3.05) is 6.61 Å². The van der Waals surface area contributed by atoms with Crippen LogP contribution in [0.25, 0.3) is 0 Å². The fourth-order valence-electron chi connectivity index (χ4n) is 3.27. The highest BCUT2D eigenvalue weighted by molar-refractivity contribution is 5.92. The molecule has 7 nitrogen and oxygen atoms in total. The Hall–Kier alpha value is -2.44. The van der Waals surface area contributed by atoms with Gasteiger partial charge in [0, 0.05) is 12.5 Å². The van der Waals surface area contributed by atoms with E-state index in [1.165, 1.54) is 25.7 Å². The van der Waals surface area contributed by atoms with E-state index in [9.17, 15) is 4.79 Å². The van der Waals surface area contributed by atoms with E-state index in [0.717, 1.165) is 12.0 Å². The van der Waals surface area contributed by atoms with Crippen molar-refractivity contribution in [2.45, 2.75) is 64.8 Å². The van der Waals surface area contributed by atoms with Crippen molar-refractivity contribution in [1.29, 1.82) is 0 Å². The van der Waals surface area contributed by atoms with Crippen LogP contribution in [0, 0.1) is 18.8 Å². The van der Waals surface area contributed by atoms with Crippen molar-refractivity contribution in [2.24, 2.45) is 11.8 Å². The summed E-state index contributed by atoms with van der Waals surface area (Å²) in [6, 6.07) is 3.48. The lowest BCUT2D eigenvalue weighted by Crippen LogP contribution is -2.31. The van der Waals surface area contributed by atoms with Crippen molar-refractivity contribution >= 4 is 5.91 Å². The van der Waals surface area contributed by atoms with Gasteiger partial charge in [0.25, 0.3) is 5.91 Å². The molecule has 0 unspecified atom stereocenters. The molecule has 28 heavy (non-hydrogen) atoms. The minimum Gasteiger partial charge on any atom is -0.477 e. The normalized spacial score (nSPS) is 17.6. The molecule has 2 aliphatic carbocycles. The number of hydrogen-bond acceptors (Lipinski definition) is 6. The predicted molar refractivity (Wildman–Crippen MR) is 103 cm³/mol. The molecule has 2 heterocycles. The Bertz CT molecular complexity index is 840. The van der Waals surface area contributed by atoms with Gasteiger partial charge < -0.3 is 14.6 Å². The van der Waals surface area contributed by atoms with E-state index >= 15 is 0 Å². The number of carbonyl (C=O) groups excluding carboxylic acids is 1. The lowest BCUT2D eigenvalue weighted by atomic mass is 10.0. The summed E-state index contributed by atoms with van der Waals surface area (Å²) in [6.07, 6.45) is 5.50. The van der Waals surface area contributed by atoms with Crippen LogP contribution in [0.2, 0.25) is 0 Å². The number of carbonyl (C=O) groups is 1. The summed E-state index contributed by atoms with van der Waals surface area (Å²) in [5.41, 5.74) is 1.49. The number of amides is 1. The Balaban J connectivity index is 1.51. The molecule has 4 rings (SSSR count). The van der Waals surface area contributed by atoms with Gasteiger partial charge in [-0.2, -0.15) is 4.98 Å². The maximum atomic E-state index is 12.9. The van der Waals surface area contributed by atoms with Gasteiger partial charge in [0.1, 0.15) is 5.69 Å². The molecule has 0 bridgehead atoms. The second-order valence-corrected chi connectivity index (χ2v) is 8.45. The Morgan fingerprint density at radius 1 is 1.25 bits per heavy atom. The molecule has 1 N–H and O–H groups in total. The average Bonchev–Trinajstić information content (AvgIpc) is 3.58. The molecule has 7 heteroatoms. The van der Waals surface area contributed by atoms with Crippen LogP contribution in [0.1, 0.15) is 85.7 Å². The first-order chi connectivity index (χ1) is 13.5. The number of ether oxygens (including phenoxy) is 1. The minimum absolute atomic E-state index is 0.244. The second kappa shape index (κ2) is 7.89. The van der Waals surface area contributed by atoms with Gasteiger partial charge in [-0.15, -0.1) is 0 Å². The number of hydrogen-bond donors (Lipinski definition) is 1. The predicted octanol–water partition coefficient (Wildman–Crippen LogP) is 3.96. The monoisotopic (exact) mass is 384 g/mol. The molecular weight excluding hydrogens is 356 g/mol. The molecule has 0 radical (unpaired) electrons. The molecule has 150 valence electrons. The smallest absolute Gasteiger partial charge is 0.270 e. The van der Waals surface area contributed by atoms with Crippen molar-refractivity contribution in [3.8, 4) is 5.88 Å². The zero-order chi connectivity index (χ0) is 19.7. The molecule has 2 fully saturated rings. The minimum atomic E-state index is -0.314. The first-order valence-electron chi connectivity index (χ1n) is 10.2. The molecule has 2 aromatic heterocycles. The van der Waals surface area contributed by atoms with Gasteiger partial charge in [0.2, 0.25) is 11.8 Å². The zero-order valence-corrected chi connectivity index (χ0v) is 16.8. The van der Waals surface area contributed by atoms with Crippen LogP contribution in [-0.2, 0) is 0 Å². The topological polar surface area (TPSA) is 90.1 Å². The van der Waals surface area contributed by atoms with Gasteiger partial charge in [-0.05, 0) is 55.9 Å². The van der Waals surface area contributed by atoms with E-state index in [2.05, 4.69) is 34.3 Å². The summed E-state index contributed by atoms with van der Waals surface area (Å²) in [5, 5.41) is 7.01. The van der Waals surface area contributed by atoms with Gasteiger partial charge in [-0.1, -0.05) is 25.1 Å². The maximum absolute atomic E-state index is 12.9. The fourth-order valence-corrected chi connectivity index (χ4v) is 3.27. The van der Waals surface area contributed by atoms with Crippen molar-refractivity contribution in [1.82, 2.24) is 20.4 Å². The number of rotatable bonds is 9. The summed E-state index contributed by atoms with van der Waals surface area (Å²) in [5.74, 6) is 2.90. The van der Waals surface area contributed by atoms with Crippen LogP contribution in [0.15, 0.2) is 16.7 Å². The summed E-state index contributed by atoms with van der Waals surface area (Å²) < 4.78 is 11.1. The van der Waals surface area contributed by atoms with Crippen LogP contribution in [0.5, 0.6) is 5.88 Å². The first-order valence-corrected chi connectivity index (χ1v) is 10.2.